The summed E-state index contributed by atoms with van der Waals surface area (Å²) in [6.45, 7) is 8.38. The number of hydrogen-bond donors (Lipinski definition) is 1. The molecule has 0 amide bonds. The van der Waals surface area contributed by atoms with Crippen LogP contribution in [0.5, 0.6) is 0 Å². The highest BCUT2D eigenvalue weighted by atomic mass is 19.1. The molecule has 0 heterocycles. The molecule has 0 aromatic heterocycles. The van der Waals surface area contributed by atoms with Gasteiger partial charge in [0.15, 0.2) is 0 Å². The summed E-state index contributed by atoms with van der Waals surface area (Å²) in [4.78, 5) is 0. The van der Waals surface area contributed by atoms with E-state index in [1.165, 1.54) is 6.08 Å². The van der Waals surface area contributed by atoms with Gasteiger partial charge in [0.2, 0.25) is 0 Å². The molecule has 0 spiro atoms. The van der Waals surface area contributed by atoms with Crippen LogP contribution >= 0.6 is 0 Å². The number of halogens is 1. The Balaban J connectivity index is 4.71. The molecule has 0 saturated carbocycles. The molecule has 0 bridgehead atoms. The summed E-state index contributed by atoms with van der Waals surface area (Å²) < 4.78 is 13.0. The number of aliphatic hydroxyl groups is 1. The van der Waals surface area contributed by atoms with E-state index in [0.29, 0.717) is 11.1 Å². The fourth-order valence-corrected chi connectivity index (χ4v) is 0.511. The van der Waals surface area contributed by atoms with Gasteiger partial charge in [-0.15, -0.1) is 0 Å². The summed E-state index contributed by atoms with van der Waals surface area (Å²) in [7, 11) is 0. The molecule has 0 aromatic rings. The third-order valence-corrected chi connectivity index (χ3v) is 1.79. The zero-order chi connectivity index (χ0) is 9.94. The molecule has 1 N–H and O–H groups in total. The molecule has 0 atom stereocenters. The molecule has 1 nitrogen and oxygen atoms in total. The maximum Gasteiger partial charge on any atom is 0.121 e. The second kappa shape index (κ2) is 3.85. The Kier molecular flexibility index (Phi) is 3.65. The Bertz CT molecular complexity index is 214. The van der Waals surface area contributed by atoms with Crippen molar-refractivity contribution in [2.24, 2.45) is 0 Å². The Hall–Kier alpha value is -0.630. The molecule has 70 valence electrons. The summed E-state index contributed by atoms with van der Waals surface area (Å²) in [6, 6.07) is 0. The Morgan fingerprint density at radius 3 is 1.92 bits per heavy atom. The lowest BCUT2D eigenvalue weighted by molar-refractivity contribution is 0.119. The molecular formula is C10H17FO. The average molecular weight is 172 g/mol. The van der Waals surface area contributed by atoms with Crippen molar-refractivity contribution in [3.63, 3.8) is 0 Å². The van der Waals surface area contributed by atoms with Crippen LogP contribution in [-0.2, 0) is 0 Å². The van der Waals surface area contributed by atoms with E-state index in [1.807, 2.05) is 0 Å². The van der Waals surface area contributed by atoms with Crippen molar-refractivity contribution in [3.05, 3.63) is 23.0 Å². The van der Waals surface area contributed by atoms with E-state index >= 15 is 0 Å². The smallest absolute Gasteiger partial charge is 0.121 e. The largest absolute Gasteiger partial charge is 0.386 e. The predicted molar refractivity (Wildman–Crippen MR) is 49.5 cm³/mol. The number of allylic oxidation sites excluding steroid dienone is 3. The van der Waals surface area contributed by atoms with Gasteiger partial charge in [0.25, 0.3) is 0 Å². The molecule has 0 fully saturated rings. The molecule has 12 heavy (non-hydrogen) atoms. The molecule has 0 rings (SSSR count). The highest BCUT2D eigenvalue weighted by Gasteiger charge is 2.15. The maximum atomic E-state index is 13.0. The van der Waals surface area contributed by atoms with Crippen LogP contribution in [0.1, 0.15) is 34.6 Å². The third-order valence-electron chi connectivity index (χ3n) is 1.79. The van der Waals surface area contributed by atoms with Crippen LogP contribution in [0.15, 0.2) is 23.0 Å². The van der Waals surface area contributed by atoms with Gasteiger partial charge in [-0.1, -0.05) is 0 Å². The molecule has 0 saturated heterocycles. The highest BCUT2D eigenvalue weighted by Crippen LogP contribution is 2.18. The molecule has 0 unspecified atom stereocenters. The van der Waals surface area contributed by atoms with Gasteiger partial charge in [-0.25, -0.2) is 4.39 Å². The topological polar surface area (TPSA) is 20.2 Å². The van der Waals surface area contributed by atoms with Gasteiger partial charge < -0.3 is 5.11 Å². The van der Waals surface area contributed by atoms with Gasteiger partial charge in [0, 0.05) is 0 Å². The quantitative estimate of drug-likeness (QED) is 0.635. The predicted octanol–water partition coefficient (Wildman–Crippen LogP) is 2.97. The van der Waals surface area contributed by atoms with Crippen LogP contribution in [-0.4, -0.2) is 10.7 Å². The minimum Gasteiger partial charge on any atom is -0.386 e. The van der Waals surface area contributed by atoms with Crippen LogP contribution in [0.2, 0.25) is 0 Å². The van der Waals surface area contributed by atoms with Crippen LogP contribution < -0.4 is 0 Å². The SMILES string of the molecule is CC(C)=C(F)/C=C(\C)C(C)(C)O. The molecule has 0 aliphatic carbocycles. The van der Waals surface area contributed by atoms with E-state index in [0.717, 1.165) is 0 Å². The average Bonchev–Trinajstić information content (AvgIpc) is 1.85. The van der Waals surface area contributed by atoms with Gasteiger partial charge in [0.1, 0.15) is 5.83 Å². The second-order valence-electron chi connectivity index (χ2n) is 3.73. The lowest BCUT2D eigenvalue weighted by atomic mass is 9.99. The summed E-state index contributed by atoms with van der Waals surface area (Å²) in [5.41, 5.74) is 0.312. The molecule has 0 aromatic carbocycles. The third kappa shape index (κ3) is 3.67. The van der Waals surface area contributed by atoms with Crippen molar-refractivity contribution in [2.45, 2.75) is 40.2 Å². The van der Waals surface area contributed by atoms with Crippen LogP contribution in [0, 0.1) is 0 Å². The van der Waals surface area contributed by atoms with Crippen molar-refractivity contribution in [2.75, 3.05) is 0 Å². The normalized spacial score (nSPS) is 13.1. The van der Waals surface area contributed by atoms with E-state index in [2.05, 4.69) is 0 Å². The van der Waals surface area contributed by atoms with Gasteiger partial charge >= 0.3 is 0 Å². The van der Waals surface area contributed by atoms with E-state index in [1.54, 1.807) is 34.6 Å². The summed E-state index contributed by atoms with van der Waals surface area (Å²) in [5.74, 6) is -0.269. The fourth-order valence-electron chi connectivity index (χ4n) is 0.511. The van der Waals surface area contributed by atoms with Crippen LogP contribution in [0.3, 0.4) is 0 Å². The zero-order valence-corrected chi connectivity index (χ0v) is 8.40. The zero-order valence-electron chi connectivity index (χ0n) is 8.40. The van der Waals surface area contributed by atoms with Gasteiger partial charge in [-0.3, -0.25) is 0 Å². The molecule has 0 radical (unpaired) electrons. The Morgan fingerprint density at radius 1 is 1.25 bits per heavy atom. The second-order valence-corrected chi connectivity index (χ2v) is 3.73. The van der Waals surface area contributed by atoms with Crippen molar-refractivity contribution < 1.29 is 9.50 Å². The van der Waals surface area contributed by atoms with Crippen molar-refractivity contribution >= 4 is 0 Å². The highest BCUT2D eigenvalue weighted by molar-refractivity contribution is 5.24. The van der Waals surface area contributed by atoms with E-state index < -0.39 is 5.60 Å². The van der Waals surface area contributed by atoms with E-state index in [9.17, 15) is 9.50 Å². The van der Waals surface area contributed by atoms with Crippen molar-refractivity contribution in [3.8, 4) is 0 Å². The van der Waals surface area contributed by atoms with Crippen molar-refractivity contribution in [1.82, 2.24) is 0 Å². The van der Waals surface area contributed by atoms with Crippen molar-refractivity contribution in [1.29, 1.82) is 0 Å². The Labute approximate surface area is 73.6 Å². The summed E-state index contributed by atoms with van der Waals surface area (Å²) in [6.07, 6.45) is 1.37. The Morgan fingerprint density at radius 2 is 1.67 bits per heavy atom. The lowest BCUT2D eigenvalue weighted by Crippen LogP contribution is -2.19. The monoisotopic (exact) mass is 172 g/mol. The number of rotatable bonds is 2. The minimum atomic E-state index is -0.938. The standard InChI is InChI=1S/C10H17FO/c1-7(2)9(11)6-8(3)10(4,5)12/h6,12H,1-5H3/b8-6+. The number of hydrogen-bond acceptors (Lipinski definition) is 1. The van der Waals surface area contributed by atoms with Crippen LogP contribution in [0.25, 0.3) is 0 Å². The van der Waals surface area contributed by atoms with E-state index in [4.69, 9.17) is 0 Å². The minimum absolute atomic E-state index is 0.269. The first-order valence-electron chi connectivity index (χ1n) is 3.99. The first-order valence-corrected chi connectivity index (χ1v) is 3.99. The fraction of sp³-hybridized carbons (Fsp3) is 0.600. The van der Waals surface area contributed by atoms with Gasteiger partial charge in [-0.05, 0) is 51.8 Å². The summed E-state index contributed by atoms with van der Waals surface area (Å²) in [5, 5.41) is 9.46. The van der Waals surface area contributed by atoms with Crippen LogP contribution in [0.4, 0.5) is 4.39 Å². The molecule has 2 heteroatoms. The van der Waals surface area contributed by atoms with Gasteiger partial charge in [0.05, 0.1) is 5.60 Å². The molecular weight excluding hydrogens is 155 g/mol. The first kappa shape index (κ1) is 11.4. The first-order chi connectivity index (χ1) is 5.25. The molecule has 0 aliphatic rings. The van der Waals surface area contributed by atoms with E-state index in [-0.39, 0.29) is 5.83 Å². The van der Waals surface area contributed by atoms with Gasteiger partial charge in [-0.2, -0.15) is 0 Å². The maximum absolute atomic E-state index is 13.0. The lowest BCUT2D eigenvalue weighted by Gasteiger charge is -2.17. The molecule has 0 aliphatic heterocycles. The summed E-state index contributed by atoms with van der Waals surface area (Å²) >= 11 is 0.